The smallest absolute Gasteiger partial charge is 0.393 e. The molecule has 0 saturated carbocycles. The Labute approximate surface area is 197 Å². The molecule has 34 heavy (non-hydrogen) atoms. The molecule has 0 atom stereocenters. The Morgan fingerprint density at radius 1 is 1.12 bits per heavy atom. The second kappa shape index (κ2) is 10.3. The van der Waals surface area contributed by atoms with Crippen molar-refractivity contribution in [3.63, 3.8) is 0 Å². The number of rotatable bonds is 5. The molecule has 0 radical (unpaired) electrons. The van der Waals surface area contributed by atoms with Crippen LogP contribution in [0.15, 0.2) is 30.6 Å². The third kappa shape index (κ3) is 5.67. The molecule has 184 valence electrons. The maximum Gasteiger partial charge on any atom is 0.416 e. The van der Waals surface area contributed by atoms with E-state index in [0.29, 0.717) is 41.8 Å². The molecule has 10 heteroatoms. The van der Waals surface area contributed by atoms with Crippen LogP contribution >= 0.6 is 0 Å². The Bertz CT molecular complexity index is 1000. The summed E-state index contributed by atoms with van der Waals surface area (Å²) >= 11 is 0. The fourth-order valence-electron chi connectivity index (χ4n) is 4.72. The Kier molecular flexibility index (Phi) is 7.37. The number of hydrogen-bond donors (Lipinski definition) is 2. The van der Waals surface area contributed by atoms with Gasteiger partial charge < -0.3 is 20.2 Å². The van der Waals surface area contributed by atoms with Crippen molar-refractivity contribution >= 4 is 11.7 Å². The van der Waals surface area contributed by atoms with Gasteiger partial charge in [-0.05, 0) is 50.3 Å². The first-order valence-electron chi connectivity index (χ1n) is 11.7. The summed E-state index contributed by atoms with van der Waals surface area (Å²) in [5.41, 5.74) is 0.645. The van der Waals surface area contributed by atoms with Gasteiger partial charge in [-0.1, -0.05) is 12.1 Å². The molecule has 4 rings (SSSR count). The van der Waals surface area contributed by atoms with Crippen LogP contribution in [-0.4, -0.2) is 69.1 Å². The maximum absolute atomic E-state index is 13.2. The second-order valence-corrected chi connectivity index (χ2v) is 9.04. The van der Waals surface area contributed by atoms with Gasteiger partial charge in [0.25, 0.3) is 5.91 Å². The van der Waals surface area contributed by atoms with E-state index in [0.717, 1.165) is 50.9 Å². The lowest BCUT2D eigenvalue weighted by Crippen LogP contribution is -2.49. The molecule has 2 aliphatic heterocycles. The lowest BCUT2D eigenvalue weighted by Gasteiger charge is -2.41. The molecule has 2 aromatic rings. The van der Waals surface area contributed by atoms with E-state index in [4.69, 9.17) is 0 Å². The average Bonchev–Trinajstić information content (AvgIpc) is 2.83. The van der Waals surface area contributed by atoms with Gasteiger partial charge in [-0.15, -0.1) is 0 Å². The highest BCUT2D eigenvalue weighted by atomic mass is 19.4. The standard InChI is InChI=1S/C24H30F3N5O2/c1-16-21(23(34)32-9-5-19(6-10-32)31-11-7-20(33)8-12-31)29-15-30-22(16)28-14-17-3-2-4-18(13-17)24(25,26)27/h2-4,13,15,19-20,33H,5-12,14H2,1H3,(H,28,29,30). The highest BCUT2D eigenvalue weighted by molar-refractivity contribution is 5.94. The van der Waals surface area contributed by atoms with E-state index in [9.17, 15) is 23.1 Å². The van der Waals surface area contributed by atoms with Gasteiger partial charge >= 0.3 is 6.18 Å². The number of aliphatic hydroxyl groups excluding tert-OH is 1. The number of carbonyl (C=O) groups is 1. The number of aromatic nitrogens is 2. The van der Waals surface area contributed by atoms with Gasteiger partial charge in [-0.3, -0.25) is 4.79 Å². The molecule has 1 aromatic heterocycles. The minimum absolute atomic E-state index is 0.144. The number of nitrogens with one attached hydrogen (secondary N) is 1. The van der Waals surface area contributed by atoms with Crippen molar-refractivity contribution in [2.75, 3.05) is 31.5 Å². The number of aliphatic hydroxyl groups is 1. The Morgan fingerprint density at radius 2 is 1.82 bits per heavy atom. The van der Waals surface area contributed by atoms with Crippen molar-refractivity contribution in [2.45, 2.75) is 57.5 Å². The predicted molar refractivity (Wildman–Crippen MR) is 121 cm³/mol. The first-order valence-corrected chi connectivity index (χ1v) is 11.7. The third-order valence-electron chi connectivity index (χ3n) is 6.77. The van der Waals surface area contributed by atoms with E-state index < -0.39 is 11.7 Å². The Balaban J connectivity index is 1.37. The number of piperidine rings is 2. The van der Waals surface area contributed by atoms with Gasteiger partial charge in [-0.25, -0.2) is 9.97 Å². The summed E-state index contributed by atoms with van der Waals surface area (Å²) in [4.78, 5) is 25.8. The molecule has 1 amide bonds. The number of hydrogen-bond acceptors (Lipinski definition) is 6. The third-order valence-corrected chi connectivity index (χ3v) is 6.77. The molecule has 2 saturated heterocycles. The quantitative estimate of drug-likeness (QED) is 0.687. The second-order valence-electron chi connectivity index (χ2n) is 9.04. The number of carbonyl (C=O) groups excluding carboxylic acids is 1. The van der Waals surface area contributed by atoms with E-state index in [1.165, 1.54) is 12.4 Å². The molecule has 7 nitrogen and oxygen atoms in total. The summed E-state index contributed by atoms with van der Waals surface area (Å²) in [5, 5.41) is 12.8. The molecule has 0 spiro atoms. The van der Waals surface area contributed by atoms with Crippen LogP contribution in [0.1, 0.15) is 52.9 Å². The van der Waals surface area contributed by atoms with Crippen LogP contribution in [0, 0.1) is 6.92 Å². The minimum Gasteiger partial charge on any atom is -0.393 e. The van der Waals surface area contributed by atoms with Crippen molar-refractivity contribution in [3.05, 3.63) is 53.0 Å². The number of benzene rings is 1. The number of amides is 1. The SMILES string of the molecule is Cc1c(NCc2cccc(C(F)(F)F)c2)ncnc1C(=O)N1CCC(N2CCC(O)CC2)CC1. The molecule has 2 N–H and O–H groups in total. The van der Waals surface area contributed by atoms with Crippen LogP contribution in [0.2, 0.25) is 0 Å². The van der Waals surface area contributed by atoms with E-state index in [-0.39, 0.29) is 18.6 Å². The lowest BCUT2D eigenvalue weighted by molar-refractivity contribution is -0.137. The van der Waals surface area contributed by atoms with Gasteiger partial charge in [0.2, 0.25) is 0 Å². The minimum atomic E-state index is -4.40. The molecule has 3 heterocycles. The molecular formula is C24H30F3N5O2. The van der Waals surface area contributed by atoms with E-state index >= 15 is 0 Å². The summed E-state index contributed by atoms with van der Waals surface area (Å²) in [5.74, 6) is 0.270. The molecule has 0 aliphatic carbocycles. The number of alkyl halides is 3. The largest absolute Gasteiger partial charge is 0.416 e. The topological polar surface area (TPSA) is 81.6 Å². The highest BCUT2D eigenvalue weighted by Gasteiger charge is 2.31. The molecule has 1 aromatic carbocycles. The normalized spacial score (nSPS) is 18.8. The first-order chi connectivity index (χ1) is 16.2. The fourth-order valence-corrected chi connectivity index (χ4v) is 4.72. The number of halogens is 3. The summed E-state index contributed by atoms with van der Waals surface area (Å²) in [6, 6.07) is 5.54. The molecule has 0 unspecified atom stereocenters. The van der Waals surface area contributed by atoms with Crippen LogP contribution in [0.4, 0.5) is 19.0 Å². The van der Waals surface area contributed by atoms with Gasteiger partial charge in [0, 0.05) is 44.3 Å². The van der Waals surface area contributed by atoms with Crippen molar-refractivity contribution in [2.24, 2.45) is 0 Å². The van der Waals surface area contributed by atoms with Gasteiger partial charge in [0.15, 0.2) is 0 Å². The van der Waals surface area contributed by atoms with E-state index in [1.54, 1.807) is 17.9 Å². The van der Waals surface area contributed by atoms with E-state index in [2.05, 4.69) is 20.2 Å². The zero-order valence-electron chi connectivity index (χ0n) is 19.2. The van der Waals surface area contributed by atoms with Crippen LogP contribution in [0.25, 0.3) is 0 Å². The summed E-state index contributed by atoms with van der Waals surface area (Å²) < 4.78 is 38.9. The van der Waals surface area contributed by atoms with Crippen molar-refractivity contribution in [1.29, 1.82) is 0 Å². The molecule has 0 bridgehead atoms. The summed E-state index contributed by atoms with van der Waals surface area (Å²) in [6.07, 6.45) is 0.0728. The van der Waals surface area contributed by atoms with Gasteiger partial charge in [0.05, 0.1) is 11.7 Å². The van der Waals surface area contributed by atoms with Crippen LogP contribution in [-0.2, 0) is 12.7 Å². The lowest BCUT2D eigenvalue weighted by atomic mass is 9.98. The highest BCUT2D eigenvalue weighted by Crippen LogP contribution is 2.30. The van der Waals surface area contributed by atoms with Gasteiger partial charge in [-0.2, -0.15) is 13.2 Å². The predicted octanol–water partition coefficient (Wildman–Crippen LogP) is 3.48. The number of nitrogens with zero attached hydrogens (tertiary/aromatic N) is 4. The van der Waals surface area contributed by atoms with Crippen LogP contribution in [0.3, 0.4) is 0 Å². The summed E-state index contributed by atoms with van der Waals surface area (Å²) in [6.45, 7) is 4.95. The molecule has 2 aliphatic rings. The van der Waals surface area contributed by atoms with Crippen molar-refractivity contribution in [3.8, 4) is 0 Å². The van der Waals surface area contributed by atoms with Gasteiger partial charge in [0.1, 0.15) is 17.8 Å². The first kappa shape index (κ1) is 24.4. The zero-order valence-corrected chi connectivity index (χ0v) is 19.2. The molecule has 2 fully saturated rings. The zero-order chi connectivity index (χ0) is 24.3. The fraction of sp³-hybridized carbons (Fsp3) is 0.542. The molecular weight excluding hydrogens is 447 g/mol. The van der Waals surface area contributed by atoms with Crippen molar-refractivity contribution < 1.29 is 23.1 Å². The van der Waals surface area contributed by atoms with E-state index in [1.807, 2.05) is 0 Å². The number of anilines is 1. The Hall–Kier alpha value is -2.72. The monoisotopic (exact) mass is 477 g/mol. The average molecular weight is 478 g/mol. The summed E-state index contributed by atoms with van der Waals surface area (Å²) in [7, 11) is 0. The Morgan fingerprint density at radius 3 is 2.50 bits per heavy atom. The van der Waals surface area contributed by atoms with Crippen LogP contribution < -0.4 is 5.32 Å². The maximum atomic E-state index is 13.2. The van der Waals surface area contributed by atoms with Crippen LogP contribution in [0.5, 0.6) is 0 Å². The van der Waals surface area contributed by atoms with Crippen molar-refractivity contribution in [1.82, 2.24) is 19.8 Å². The number of likely N-dealkylation sites (tertiary alicyclic amines) is 2.